The van der Waals surface area contributed by atoms with Crippen LogP contribution in [0, 0.1) is 0 Å². The van der Waals surface area contributed by atoms with Crippen LogP contribution in [0.5, 0.6) is 0 Å². The number of amides is 1. The van der Waals surface area contributed by atoms with Gasteiger partial charge in [-0.05, 0) is 17.7 Å². The Labute approximate surface area is 161 Å². The van der Waals surface area contributed by atoms with E-state index in [1.807, 2.05) is 6.07 Å². The number of nitrogens with zero attached hydrogens (tertiary/aromatic N) is 2. The monoisotopic (exact) mass is 402 g/mol. The number of hydrogen-bond donors (Lipinski definition) is 2. The minimum Gasteiger partial charge on any atom is -0.298 e. The van der Waals surface area contributed by atoms with Crippen molar-refractivity contribution in [3.63, 3.8) is 0 Å². The quantitative estimate of drug-likeness (QED) is 0.511. The number of benzene rings is 2. The fourth-order valence-corrected chi connectivity index (χ4v) is 3.67. The van der Waals surface area contributed by atoms with Crippen LogP contribution in [0.3, 0.4) is 0 Å². The minimum absolute atomic E-state index is 0.299. The molecule has 0 fully saturated rings. The number of halogens is 3. The van der Waals surface area contributed by atoms with Gasteiger partial charge in [0.25, 0.3) is 5.91 Å². The first-order chi connectivity index (χ1) is 13.4. The SMILES string of the molecule is O=C(Nc1ncc(Cc2cccc(C(F)(F)F)c2)s1)c1cccc2cn[nH]c12. The summed E-state index contributed by atoms with van der Waals surface area (Å²) in [6.45, 7) is 0. The van der Waals surface area contributed by atoms with Crippen LogP contribution < -0.4 is 5.32 Å². The first-order valence-electron chi connectivity index (χ1n) is 8.24. The first-order valence-corrected chi connectivity index (χ1v) is 9.06. The van der Waals surface area contributed by atoms with Gasteiger partial charge < -0.3 is 0 Å². The maximum atomic E-state index is 12.8. The Balaban J connectivity index is 1.49. The molecule has 0 saturated heterocycles. The summed E-state index contributed by atoms with van der Waals surface area (Å²) < 4.78 is 38.5. The minimum atomic E-state index is -4.38. The summed E-state index contributed by atoms with van der Waals surface area (Å²) in [7, 11) is 0. The zero-order chi connectivity index (χ0) is 19.7. The maximum Gasteiger partial charge on any atom is 0.416 e. The number of thiazole rings is 1. The molecule has 0 aliphatic carbocycles. The summed E-state index contributed by atoms with van der Waals surface area (Å²) in [4.78, 5) is 17.4. The van der Waals surface area contributed by atoms with E-state index in [0.29, 0.717) is 28.2 Å². The van der Waals surface area contributed by atoms with Gasteiger partial charge in [0, 0.05) is 22.9 Å². The number of carbonyl (C=O) groups is 1. The predicted molar refractivity (Wildman–Crippen MR) is 100 cm³/mol. The van der Waals surface area contributed by atoms with Gasteiger partial charge >= 0.3 is 6.18 Å². The van der Waals surface area contributed by atoms with Crippen molar-refractivity contribution in [2.75, 3.05) is 5.32 Å². The normalized spacial score (nSPS) is 11.7. The topological polar surface area (TPSA) is 70.7 Å². The van der Waals surface area contributed by atoms with Crippen LogP contribution in [-0.2, 0) is 12.6 Å². The third-order valence-corrected chi connectivity index (χ3v) is 5.04. The number of aromatic amines is 1. The molecule has 9 heteroatoms. The standard InChI is InChI=1S/C19H13F3N4OS/c20-19(21,22)13-5-1-3-11(7-13)8-14-10-23-18(28-14)25-17(27)15-6-2-4-12-9-24-26-16(12)15/h1-7,9-10H,8H2,(H,24,26)(H,23,25,27). The van der Waals surface area contributed by atoms with E-state index in [9.17, 15) is 18.0 Å². The third-order valence-electron chi connectivity index (χ3n) is 4.13. The lowest BCUT2D eigenvalue weighted by Gasteiger charge is -2.07. The van der Waals surface area contributed by atoms with E-state index in [2.05, 4.69) is 20.5 Å². The molecule has 0 aliphatic heterocycles. The third kappa shape index (κ3) is 3.74. The van der Waals surface area contributed by atoms with Gasteiger partial charge in [0.15, 0.2) is 5.13 Å². The average molecular weight is 402 g/mol. The highest BCUT2D eigenvalue weighted by atomic mass is 32.1. The number of nitrogens with one attached hydrogen (secondary N) is 2. The van der Waals surface area contributed by atoms with E-state index in [0.717, 1.165) is 22.4 Å². The summed E-state index contributed by atoms with van der Waals surface area (Å²) in [5.41, 5.74) is 0.902. The number of para-hydroxylation sites is 1. The van der Waals surface area contributed by atoms with Crippen molar-refractivity contribution in [2.24, 2.45) is 0 Å². The Bertz CT molecular complexity index is 1150. The molecule has 142 valence electrons. The van der Waals surface area contributed by atoms with E-state index >= 15 is 0 Å². The largest absolute Gasteiger partial charge is 0.416 e. The van der Waals surface area contributed by atoms with Crippen molar-refractivity contribution in [1.82, 2.24) is 15.2 Å². The molecule has 0 bridgehead atoms. The molecule has 0 radical (unpaired) electrons. The molecule has 1 amide bonds. The lowest BCUT2D eigenvalue weighted by Crippen LogP contribution is -2.12. The molecule has 0 spiro atoms. The molecule has 0 saturated carbocycles. The Morgan fingerprint density at radius 2 is 1.96 bits per heavy atom. The number of H-pyrrole nitrogens is 1. The Hall–Kier alpha value is -3.20. The Morgan fingerprint density at radius 1 is 1.14 bits per heavy atom. The lowest BCUT2D eigenvalue weighted by atomic mass is 10.1. The van der Waals surface area contributed by atoms with Crippen LogP contribution in [0.2, 0.25) is 0 Å². The molecule has 2 aromatic carbocycles. The number of aromatic nitrogens is 3. The lowest BCUT2D eigenvalue weighted by molar-refractivity contribution is -0.137. The van der Waals surface area contributed by atoms with Crippen molar-refractivity contribution in [3.8, 4) is 0 Å². The number of rotatable bonds is 4. The zero-order valence-corrected chi connectivity index (χ0v) is 15.1. The molecule has 28 heavy (non-hydrogen) atoms. The van der Waals surface area contributed by atoms with Gasteiger partial charge in [-0.2, -0.15) is 18.3 Å². The predicted octanol–water partition coefficient (Wildman–Crippen LogP) is 4.88. The maximum absolute atomic E-state index is 12.8. The van der Waals surface area contributed by atoms with Gasteiger partial charge in [-0.3, -0.25) is 15.2 Å². The molecular weight excluding hydrogens is 389 g/mol. The second-order valence-corrected chi connectivity index (χ2v) is 7.22. The summed E-state index contributed by atoms with van der Waals surface area (Å²) >= 11 is 1.22. The van der Waals surface area contributed by atoms with Crippen molar-refractivity contribution in [3.05, 3.63) is 76.4 Å². The van der Waals surface area contributed by atoms with Gasteiger partial charge in [0.1, 0.15) is 0 Å². The number of anilines is 1. The van der Waals surface area contributed by atoms with Crippen LogP contribution in [0.1, 0.15) is 26.4 Å². The fraction of sp³-hybridized carbons (Fsp3) is 0.105. The molecule has 2 heterocycles. The zero-order valence-electron chi connectivity index (χ0n) is 14.2. The van der Waals surface area contributed by atoms with Crippen LogP contribution in [0.15, 0.2) is 54.9 Å². The number of carbonyl (C=O) groups excluding carboxylic acids is 1. The summed E-state index contributed by atoms with van der Waals surface area (Å²) in [6, 6.07) is 10.4. The number of fused-ring (bicyclic) bond motifs is 1. The van der Waals surface area contributed by atoms with Gasteiger partial charge in [0.05, 0.1) is 22.8 Å². The highest BCUT2D eigenvalue weighted by Crippen LogP contribution is 2.30. The molecule has 0 atom stereocenters. The Morgan fingerprint density at radius 3 is 2.79 bits per heavy atom. The van der Waals surface area contributed by atoms with E-state index in [1.165, 1.54) is 17.4 Å². The molecule has 4 rings (SSSR count). The van der Waals surface area contributed by atoms with E-state index in [1.54, 1.807) is 30.6 Å². The van der Waals surface area contributed by atoms with Crippen LogP contribution in [0.4, 0.5) is 18.3 Å². The fourth-order valence-electron chi connectivity index (χ4n) is 2.83. The second kappa shape index (κ2) is 7.08. The summed E-state index contributed by atoms with van der Waals surface area (Å²) in [5, 5.41) is 10.6. The highest BCUT2D eigenvalue weighted by molar-refractivity contribution is 7.15. The van der Waals surface area contributed by atoms with Crippen LogP contribution in [-0.4, -0.2) is 21.1 Å². The summed E-state index contributed by atoms with van der Waals surface area (Å²) in [6.07, 6.45) is -0.899. The second-order valence-electron chi connectivity index (χ2n) is 6.10. The average Bonchev–Trinajstić information content (AvgIpc) is 3.30. The molecule has 5 nitrogen and oxygen atoms in total. The molecule has 0 aliphatic rings. The van der Waals surface area contributed by atoms with Gasteiger partial charge in [0.2, 0.25) is 0 Å². The number of alkyl halides is 3. The summed E-state index contributed by atoms with van der Waals surface area (Å²) in [5.74, 6) is -0.338. The van der Waals surface area contributed by atoms with Gasteiger partial charge in [-0.25, -0.2) is 4.98 Å². The molecular formula is C19H13F3N4OS. The van der Waals surface area contributed by atoms with Crippen molar-refractivity contribution in [2.45, 2.75) is 12.6 Å². The molecule has 4 aromatic rings. The van der Waals surface area contributed by atoms with E-state index < -0.39 is 11.7 Å². The van der Waals surface area contributed by atoms with Gasteiger partial charge in [-0.15, -0.1) is 11.3 Å². The highest BCUT2D eigenvalue weighted by Gasteiger charge is 2.30. The smallest absolute Gasteiger partial charge is 0.298 e. The van der Waals surface area contributed by atoms with Crippen molar-refractivity contribution < 1.29 is 18.0 Å². The molecule has 0 unspecified atom stereocenters. The first kappa shape index (κ1) is 18.2. The van der Waals surface area contributed by atoms with Crippen LogP contribution in [0.25, 0.3) is 10.9 Å². The molecule has 2 N–H and O–H groups in total. The van der Waals surface area contributed by atoms with Gasteiger partial charge in [-0.1, -0.05) is 30.3 Å². The molecule has 2 aromatic heterocycles. The Kier molecular flexibility index (Phi) is 4.60. The van der Waals surface area contributed by atoms with Crippen molar-refractivity contribution >= 4 is 33.3 Å². The van der Waals surface area contributed by atoms with E-state index in [-0.39, 0.29) is 5.91 Å². The van der Waals surface area contributed by atoms with E-state index in [4.69, 9.17) is 0 Å². The van der Waals surface area contributed by atoms with Crippen LogP contribution >= 0.6 is 11.3 Å². The van der Waals surface area contributed by atoms with Crippen molar-refractivity contribution in [1.29, 1.82) is 0 Å². The number of hydrogen-bond acceptors (Lipinski definition) is 4.